The van der Waals surface area contributed by atoms with E-state index in [1.807, 2.05) is 61.5 Å². The lowest BCUT2D eigenvalue weighted by molar-refractivity contribution is -0.148. The number of benzene rings is 3. The number of anilines is 1. The number of aliphatic carboxylic acids is 1. The summed E-state index contributed by atoms with van der Waals surface area (Å²) in [4.78, 5) is 45.9. The van der Waals surface area contributed by atoms with Gasteiger partial charge in [-0.2, -0.15) is 0 Å². The van der Waals surface area contributed by atoms with Crippen LogP contribution in [0.1, 0.15) is 29.7 Å². The second-order valence-corrected chi connectivity index (χ2v) is 10.2. The fraction of sp³-hybridized carbons (Fsp3) is 0.258. The minimum absolute atomic E-state index is 0.0147. The highest BCUT2D eigenvalue weighted by atomic mass is 16.5. The molecule has 4 aromatic rings. The van der Waals surface area contributed by atoms with Gasteiger partial charge in [0.2, 0.25) is 11.8 Å². The number of carboxylic acid groups (broad SMARTS) is 1. The summed E-state index contributed by atoms with van der Waals surface area (Å²) in [5.74, 6) is -3.64. The molecule has 0 spiro atoms. The number of ether oxygens (including phenoxy) is 1. The number of carbonyl (C=O) groups excluding carboxylic acids is 2. The van der Waals surface area contributed by atoms with E-state index in [1.54, 1.807) is 24.4 Å². The highest BCUT2D eigenvalue weighted by molar-refractivity contribution is 6.24. The zero-order valence-electron chi connectivity index (χ0n) is 21.7. The lowest BCUT2D eigenvalue weighted by Gasteiger charge is -2.31. The van der Waals surface area contributed by atoms with Crippen molar-refractivity contribution in [3.8, 4) is 5.75 Å². The smallest absolute Gasteiger partial charge is 0.325 e. The number of H-pyrrole nitrogens is 1. The fourth-order valence-corrected chi connectivity index (χ4v) is 6.34. The number of imide groups is 1. The minimum atomic E-state index is -1.73. The van der Waals surface area contributed by atoms with E-state index >= 15 is 0 Å². The van der Waals surface area contributed by atoms with Gasteiger partial charge in [0.05, 0.1) is 24.6 Å². The maximum atomic E-state index is 14.2. The first-order valence-electron chi connectivity index (χ1n) is 13.1. The van der Waals surface area contributed by atoms with Gasteiger partial charge in [0.1, 0.15) is 11.3 Å². The van der Waals surface area contributed by atoms with E-state index in [9.17, 15) is 19.5 Å². The highest BCUT2D eigenvalue weighted by Gasteiger charge is 2.69. The Labute approximate surface area is 225 Å². The molecule has 1 aromatic heterocycles. The predicted molar refractivity (Wildman–Crippen MR) is 147 cm³/mol. The van der Waals surface area contributed by atoms with Gasteiger partial charge in [-0.3, -0.25) is 19.7 Å². The van der Waals surface area contributed by atoms with Crippen LogP contribution in [0.25, 0.3) is 10.9 Å². The SMILES string of the molecule is CCc1ccc(N2C(=O)C3C(c4ccccc4OC)NC(Cc4c[nH]c5ccccc45)(C(=O)O)C3C2=O)cc1. The number of carboxylic acids is 1. The second kappa shape index (κ2) is 9.39. The van der Waals surface area contributed by atoms with Gasteiger partial charge >= 0.3 is 5.97 Å². The average molecular weight is 524 g/mol. The number of amides is 2. The molecule has 3 aromatic carbocycles. The molecule has 2 aliphatic rings. The third-order valence-corrected chi connectivity index (χ3v) is 8.26. The van der Waals surface area contributed by atoms with Crippen LogP contribution in [-0.4, -0.2) is 40.5 Å². The molecule has 0 radical (unpaired) electrons. The molecule has 2 fully saturated rings. The van der Waals surface area contributed by atoms with E-state index in [0.29, 0.717) is 17.0 Å². The van der Waals surface area contributed by atoms with Crippen molar-refractivity contribution in [1.82, 2.24) is 10.3 Å². The summed E-state index contributed by atoms with van der Waals surface area (Å²) >= 11 is 0. The summed E-state index contributed by atoms with van der Waals surface area (Å²) in [5.41, 5.74) is 2.06. The summed E-state index contributed by atoms with van der Waals surface area (Å²) in [5, 5.41) is 15.0. The molecule has 8 heteroatoms. The van der Waals surface area contributed by atoms with Crippen LogP contribution < -0.4 is 15.0 Å². The van der Waals surface area contributed by atoms with E-state index in [0.717, 1.165) is 28.5 Å². The van der Waals surface area contributed by atoms with Crippen molar-refractivity contribution in [2.75, 3.05) is 12.0 Å². The number of hydrogen-bond donors (Lipinski definition) is 3. The lowest BCUT2D eigenvalue weighted by atomic mass is 9.76. The van der Waals surface area contributed by atoms with Crippen LogP contribution in [0.3, 0.4) is 0 Å². The van der Waals surface area contributed by atoms with Gasteiger partial charge in [0, 0.05) is 35.1 Å². The van der Waals surface area contributed by atoms with E-state index in [4.69, 9.17) is 4.74 Å². The van der Waals surface area contributed by atoms with Crippen molar-refractivity contribution in [1.29, 1.82) is 0 Å². The molecule has 6 rings (SSSR count). The van der Waals surface area contributed by atoms with Gasteiger partial charge in [-0.05, 0) is 41.8 Å². The maximum Gasteiger partial charge on any atom is 0.325 e. The monoisotopic (exact) mass is 523 g/mol. The summed E-state index contributed by atoms with van der Waals surface area (Å²) in [6, 6.07) is 21.4. The van der Waals surface area contributed by atoms with Crippen LogP contribution in [0.4, 0.5) is 5.69 Å². The molecule has 0 saturated carbocycles. The summed E-state index contributed by atoms with van der Waals surface area (Å²) in [7, 11) is 1.53. The summed E-state index contributed by atoms with van der Waals surface area (Å²) < 4.78 is 5.60. The number of aromatic amines is 1. The minimum Gasteiger partial charge on any atom is -0.496 e. The first kappa shape index (κ1) is 24.9. The number of hydrogen-bond acceptors (Lipinski definition) is 5. The van der Waals surface area contributed by atoms with Crippen molar-refractivity contribution in [2.45, 2.75) is 31.3 Å². The topological polar surface area (TPSA) is 112 Å². The van der Waals surface area contributed by atoms with Crippen LogP contribution >= 0.6 is 0 Å². The molecule has 2 amide bonds. The van der Waals surface area contributed by atoms with Crippen LogP contribution in [0.15, 0.2) is 79.0 Å². The number of aryl methyl sites for hydroxylation is 1. The van der Waals surface area contributed by atoms with Gasteiger partial charge in [-0.25, -0.2) is 4.90 Å². The Balaban J connectivity index is 1.51. The molecule has 3 N–H and O–H groups in total. The molecule has 4 unspecified atom stereocenters. The normalized spacial score (nSPS) is 24.4. The van der Waals surface area contributed by atoms with Crippen molar-refractivity contribution < 1.29 is 24.2 Å². The summed E-state index contributed by atoms with van der Waals surface area (Å²) in [6.07, 6.45) is 2.62. The first-order valence-corrected chi connectivity index (χ1v) is 13.1. The Hall–Kier alpha value is -4.43. The molecule has 3 heterocycles. The van der Waals surface area contributed by atoms with Crippen LogP contribution in [0, 0.1) is 11.8 Å². The van der Waals surface area contributed by atoms with E-state index in [1.165, 1.54) is 12.0 Å². The zero-order chi connectivity index (χ0) is 27.3. The number of fused-ring (bicyclic) bond motifs is 2. The number of methoxy groups -OCH3 is 1. The Morgan fingerprint density at radius 2 is 1.72 bits per heavy atom. The number of carbonyl (C=O) groups is 3. The molecule has 8 nitrogen and oxygen atoms in total. The Morgan fingerprint density at radius 3 is 2.44 bits per heavy atom. The molecule has 2 aliphatic heterocycles. The Bertz CT molecular complexity index is 1590. The van der Waals surface area contributed by atoms with Gasteiger partial charge in [-0.15, -0.1) is 0 Å². The number of nitrogens with one attached hydrogen (secondary N) is 2. The predicted octanol–water partition coefficient (Wildman–Crippen LogP) is 4.26. The average Bonchev–Trinajstić information content (AvgIpc) is 3.61. The third-order valence-electron chi connectivity index (χ3n) is 8.26. The standard InChI is InChI=1S/C31H29N3O5/c1-3-18-12-14-20(15-13-18)34-28(35)25-26(29(34)36)31(30(37)38,16-19-17-32-23-10-6-4-8-21(19)23)33-27(25)22-9-5-7-11-24(22)39-2/h4-15,17,25-27,32-33H,3,16H2,1-2H3,(H,37,38). The molecule has 0 aliphatic carbocycles. The molecule has 198 valence electrons. The quantitative estimate of drug-likeness (QED) is 0.312. The number of para-hydroxylation sites is 2. The van der Waals surface area contributed by atoms with Gasteiger partial charge in [-0.1, -0.05) is 55.5 Å². The second-order valence-electron chi connectivity index (χ2n) is 10.2. The number of rotatable bonds is 7. The zero-order valence-corrected chi connectivity index (χ0v) is 21.7. The van der Waals surface area contributed by atoms with E-state index in [-0.39, 0.29) is 6.42 Å². The molecule has 0 bridgehead atoms. The molecular formula is C31H29N3O5. The Kier molecular flexibility index (Phi) is 5.99. The summed E-state index contributed by atoms with van der Waals surface area (Å²) in [6.45, 7) is 2.03. The van der Waals surface area contributed by atoms with Gasteiger partial charge in [0.15, 0.2) is 0 Å². The van der Waals surface area contributed by atoms with Crippen molar-refractivity contribution in [3.63, 3.8) is 0 Å². The van der Waals surface area contributed by atoms with Crippen molar-refractivity contribution >= 4 is 34.4 Å². The maximum absolute atomic E-state index is 14.2. The Morgan fingerprint density at radius 1 is 1.00 bits per heavy atom. The molecule has 39 heavy (non-hydrogen) atoms. The largest absolute Gasteiger partial charge is 0.496 e. The molecule has 2 saturated heterocycles. The van der Waals surface area contributed by atoms with Crippen molar-refractivity contribution in [3.05, 3.63) is 95.7 Å². The molecular weight excluding hydrogens is 494 g/mol. The third kappa shape index (κ3) is 3.74. The van der Waals surface area contributed by atoms with Crippen LogP contribution in [0.5, 0.6) is 5.75 Å². The lowest BCUT2D eigenvalue weighted by Crippen LogP contribution is -2.57. The number of nitrogens with zero attached hydrogens (tertiary/aromatic N) is 1. The van der Waals surface area contributed by atoms with Crippen LogP contribution in [-0.2, 0) is 27.2 Å². The van der Waals surface area contributed by atoms with E-state index in [2.05, 4.69) is 10.3 Å². The van der Waals surface area contributed by atoms with E-state index < -0.39 is 41.2 Å². The van der Waals surface area contributed by atoms with Crippen molar-refractivity contribution in [2.24, 2.45) is 11.8 Å². The first-order chi connectivity index (χ1) is 18.9. The highest BCUT2D eigenvalue weighted by Crippen LogP contribution is 2.52. The molecule has 4 atom stereocenters. The number of aromatic nitrogens is 1. The fourth-order valence-electron chi connectivity index (χ4n) is 6.34. The van der Waals surface area contributed by atoms with Gasteiger partial charge < -0.3 is 14.8 Å². The van der Waals surface area contributed by atoms with Crippen LogP contribution in [0.2, 0.25) is 0 Å². The van der Waals surface area contributed by atoms with Gasteiger partial charge in [0.25, 0.3) is 0 Å².